The van der Waals surface area contributed by atoms with Crippen LogP contribution in [0.3, 0.4) is 0 Å². The quantitative estimate of drug-likeness (QED) is 0.902. The van der Waals surface area contributed by atoms with E-state index >= 15 is 0 Å². The zero-order valence-electron chi connectivity index (χ0n) is 13.2. The first kappa shape index (κ1) is 15.7. The Hall–Kier alpha value is -1.64. The van der Waals surface area contributed by atoms with Gasteiger partial charge in [0.05, 0.1) is 16.6 Å². The molecule has 0 bridgehead atoms. The summed E-state index contributed by atoms with van der Waals surface area (Å²) in [5.74, 6) is 0. The Morgan fingerprint density at radius 3 is 1.10 bits per heavy atom. The van der Waals surface area contributed by atoms with E-state index in [-0.39, 0.29) is 0 Å². The lowest BCUT2D eigenvalue weighted by molar-refractivity contribution is -0.0965. The van der Waals surface area contributed by atoms with Gasteiger partial charge < -0.3 is 10.2 Å². The van der Waals surface area contributed by atoms with Crippen molar-refractivity contribution >= 4 is 0 Å². The first-order valence-electron chi connectivity index (χ1n) is 7.27. The molecule has 2 aromatic carbocycles. The summed E-state index contributed by atoms with van der Waals surface area (Å²) < 4.78 is 0. The second-order valence-electron chi connectivity index (χ2n) is 6.60. The van der Waals surface area contributed by atoms with Gasteiger partial charge in [0, 0.05) is 0 Å². The fourth-order valence-corrected chi connectivity index (χ4v) is 3.70. The van der Waals surface area contributed by atoms with E-state index in [0.29, 0.717) is 0 Å². The molecule has 0 spiro atoms. The van der Waals surface area contributed by atoms with E-state index in [2.05, 4.69) is 0 Å². The van der Waals surface area contributed by atoms with Gasteiger partial charge >= 0.3 is 0 Å². The summed E-state index contributed by atoms with van der Waals surface area (Å²) in [5, 5.41) is 22.0. The normalized spacial score (nSPS) is 13.2. The Labute approximate surface area is 127 Å². The summed E-state index contributed by atoms with van der Waals surface area (Å²) in [7, 11) is 0. The van der Waals surface area contributed by atoms with Gasteiger partial charge in [0.1, 0.15) is 0 Å². The highest BCUT2D eigenvalue weighted by Gasteiger charge is 2.56. The molecule has 0 atom stereocenters. The number of hydrogen-bond donors (Lipinski definition) is 2. The van der Waals surface area contributed by atoms with Crippen LogP contribution in [0.25, 0.3) is 0 Å². The van der Waals surface area contributed by atoms with Crippen molar-refractivity contribution in [3.8, 4) is 0 Å². The molecule has 0 fully saturated rings. The lowest BCUT2D eigenvalue weighted by Gasteiger charge is -2.52. The molecule has 0 aliphatic carbocycles. The van der Waals surface area contributed by atoms with Crippen LogP contribution in [0.15, 0.2) is 60.7 Å². The fraction of sp³-hybridized carbons (Fsp3) is 0.368. The molecule has 112 valence electrons. The molecule has 0 unspecified atom stereocenters. The predicted molar refractivity (Wildman–Crippen MR) is 86.3 cm³/mol. The molecule has 2 rings (SSSR count). The predicted octanol–water partition coefficient (Wildman–Crippen LogP) is 3.51. The number of benzene rings is 2. The third-order valence-corrected chi connectivity index (χ3v) is 4.25. The van der Waals surface area contributed by atoms with Crippen molar-refractivity contribution in [1.82, 2.24) is 0 Å². The van der Waals surface area contributed by atoms with Crippen molar-refractivity contribution in [1.29, 1.82) is 0 Å². The minimum Gasteiger partial charge on any atom is -0.389 e. The van der Waals surface area contributed by atoms with Crippen LogP contribution in [-0.4, -0.2) is 21.4 Å². The van der Waals surface area contributed by atoms with Crippen molar-refractivity contribution in [3.63, 3.8) is 0 Å². The minimum absolute atomic E-state index is 0.899. The van der Waals surface area contributed by atoms with E-state index < -0.39 is 16.6 Å². The molecule has 0 saturated carbocycles. The van der Waals surface area contributed by atoms with Crippen LogP contribution in [-0.2, 0) is 5.41 Å². The third kappa shape index (κ3) is 2.50. The van der Waals surface area contributed by atoms with Crippen LogP contribution in [0, 0.1) is 0 Å². The van der Waals surface area contributed by atoms with Gasteiger partial charge in [-0.25, -0.2) is 0 Å². The summed E-state index contributed by atoms with van der Waals surface area (Å²) in [4.78, 5) is 0. The van der Waals surface area contributed by atoms with E-state index in [4.69, 9.17) is 0 Å². The van der Waals surface area contributed by atoms with Gasteiger partial charge in [0.2, 0.25) is 0 Å². The minimum atomic E-state index is -1.14. The van der Waals surface area contributed by atoms with Crippen LogP contribution >= 0.6 is 0 Å². The highest BCUT2D eigenvalue weighted by molar-refractivity contribution is 5.46. The third-order valence-electron chi connectivity index (χ3n) is 4.25. The first-order valence-corrected chi connectivity index (χ1v) is 7.27. The highest BCUT2D eigenvalue weighted by atomic mass is 16.3. The Morgan fingerprint density at radius 2 is 0.857 bits per heavy atom. The molecule has 2 heteroatoms. The molecular weight excluding hydrogens is 260 g/mol. The zero-order valence-corrected chi connectivity index (χ0v) is 13.2. The molecule has 0 aliphatic heterocycles. The molecule has 0 aromatic heterocycles. The number of aliphatic hydroxyl groups is 2. The maximum atomic E-state index is 11.0. The van der Waals surface area contributed by atoms with Crippen molar-refractivity contribution in [3.05, 3.63) is 71.8 Å². The molecule has 2 aromatic rings. The Kier molecular flexibility index (Phi) is 3.96. The second kappa shape index (κ2) is 5.28. The second-order valence-corrected chi connectivity index (χ2v) is 6.60. The van der Waals surface area contributed by atoms with Crippen molar-refractivity contribution < 1.29 is 10.2 Å². The number of hydrogen-bond acceptors (Lipinski definition) is 2. The summed E-state index contributed by atoms with van der Waals surface area (Å²) in [6.07, 6.45) is 0. The topological polar surface area (TPSA) is 40.5 Å². The maximum Gasteiger partial charge on any atom is 0.0766 e. The van der Waals surface area contributed by atoms with Crippen LogP contribution in [0.2, 0.25) is 0 Å². The molecule has 0 aliphatic rings. The Morgan fingerprint density at radius 1 is 0.571 bits per heavy atom. The van der Waals surface area contributed by atoms with Gasteiger partial charge in [-0.3, -0.25) is 0 Å². The van der Waals surface area contributed by atoms with Gasteiger partial charge in [-0.2, -0.15) is 0 Å². The molecule has 2 N–H and O–H groups in total. The van der Waals surface area contributed by atoms with E-state index in [1.807, 2.05) is 60.7 Å². The smallest absolute Gasteiger partial charge is 0.0766 e. The van der Waals surface area contributed by atoms with E-state index in [0.717, 1.165) is 11.1 Å². The van der Waals surface area contributed by atoms with E-state index in [9.17, 15) is 10.2 Å². The molecule has 0 amide bonds. The monoisotopic (exact) mass is 284 g/mol. The molecule has 0 heterocycles. The lowest BCUT2D eigenvalue weighted by atomic mass is 9.56. The van der Waals surface area contributed by atoms with Crippen LogP contribution in [0.5, 0.6) is 0 Å². The maximum absolute atomic E-state index is 11.0. The van der Waals surface area contributed by atoms with Gasteiger partial charge in [-0.15, -0.1) is 0 Å². The summed E-state index contributed by atoms with van der Waals surface area (Å²) in [6, 6.07) is 19.5. The average Bonchev–Trinajstić information content (AvgIpc) is 2.38. The molecule has 0 saturated heterocycles. The standard InChI is InChI=1S/C19H24O2/c1-17(2,20)19(18(3,4)21,15-11-7-5-8-12-15)16-13-9-6-10-14-16/h5-14,20-21H,1-4H3. The average molecular weight is 284 g/mol. The lowest BCUT2D eigenvalue weighted by Crippen LogP contribution is -2.61. The SMILES string of the molecule is CC(C)(O)C(c1ccccc1)(c1ccccc1)C(C)(C)O. The summed E-state index contributed by atoms with van der Waals surface area (Å²) >= 11 is 0. The van der Waals surface area contributed by atoms with Crippen LogP contribution in [0.1, 0.15) is 38.8 Å². The van der Waals surface area contributed by atoms with Crippen molar-refractivity contribution in [2.75, 3.05) is 0 Å². The summed E-state index contributed by atoms with van der Waals surface area (Å²) in [6.45, 7) is 7.02. The molecule has 0 radical (unpaired) electrons. The highest BCUT2D eigenvalue weighted by Crippen LogP contribution is 2.49. The van der Waals surface area contributed by atoms with E-state index in [1.54, 1.807) is 27.7 Å². The molecule has 2 nitrogen and oxygen atoms in total. The van der Waals surface area contributed by atoms with Gasteiger partial charge in [-0.1, -0.05) is 60.7 Å². The molecular formula is C19H24O2. The van der Waals surface area contributed by atoms with Crippen molar-refractivity contribution in [2.24, 2.45) is 0 Å². The first-order chi connectivity index (χ1) is 9.71. The number of rotatable bonds is 4. The summed E-state index contributed by atoms with van der Waals surface area (Å²) in [5.41, 5.74) is -1.42. The van der Waals surface area contributed by atoms with Crippen LogP contribution in [0.4, 0.5) is 0 Å². The van der Waals surface area contributed by atoms with Crippen molar-refractivity contribution in [2.45, 2.75) is 44.3 Å². The van der Waals surface area contributed by atoms with Crippen LogP contribution < -0.4 is 0 Å². The Balaban J connectivity index is 2.87. The fourth-order valence-electron chi connectivity index (χ4n) is 3.70. The Bertz CT molecular complexity index is 519. The van der Waals surface area contributed by atoms with Gasteiger partial charge in [0.25, 0.3) is 0 Å². The van der Waals surface area contributed by atoms with E-state index in [1.165, 1.54) is 0 Å². The largest absolute Gasteiger partial charge is 0.389 e. The van der Waals surface area contributed by atoms with Gasteiger partial charge in [0.15, 0.2) is 0 Å². The van der Waals surface area contributed by atoms with Gasteiger partial charge in [-0.05, 0) is 38.8 Å². The zero-order chi connectivity index (χ0) is 15.7. The molecule has 21 heavy (non-hydrogen) atoms.